The monoisotopic (exact) mass is 259 g/mol. The fourth-order valence-corrected chi connectivity index (χ4v) is 1.57. The second-order valence-electron chi connectivity index (χ2n) is 4.16. The summed E-state index contributed by atoms with van der Waals surface area (Å²) in [5.74, 6) is 1.54. The maximum absolute atomic E-state index is 9.23. The molecule has 0 radical (unpaired) electrons. The first kappa shape index (κ1) is 13.4. The average Bonchev–Trinajstić information content (AvgIpc) is 2.47. The highest BCUT2D eigenvalue weighted by molar-refractivity contribution is 5.47. The van der Waals surface area contributed by atoms with Crippen LogP contribution in [0.15, 0.2) is 54.6 Å². The zero-order valence-electron chi connectivity index (χ0n) is 10.5. The Hall–Kier alpha value is -2.04. The van der Waals surface area contributed by atoms with E-state index in [1.54, 1.807) is 0 Å². The van der Waals surface area contributed by atoms with Crippen LogP contribution in [-0.2, 0) is 0 Å². The van der Waals surface area contributed by atoms with Crippen LogP contribution in [0.25, 0.3) is 0 Å². The van der Waals surface area contributed by atoms with Crippen molar-refractivity contribution in [2.24, 2.45) is 0 Å². The van der Waals surface area contributed by atoms with Gasteiger partial charge in [-0.3, -0.25) is 0 Å². The SMILES string of the molecule is OCC(O)CNc1ccc(Oc2ccccc2)cc1. The van der Waals surface area contributed by atoms with Gasteiger partial charge < -0.3 is 20.3 Å². The van der Waals surface area contributed by atoms with Gasteiger partial charge in [-0.15, -0.1) is 0 Å². The highest BCUT2D eigenvalue weighted by Crippen LogP contribution is 2.22. The highest BCUT2D eigenvalue weighted by Gasteiger charge is 2.01. The minimum Gasteiger partial charge on any atom is -0.457 e. The molecule has 4 heteroatoms. The number of para-hydroxylation sites is 1. The third-order valence-electron chi connectivity index (χ3n) is 2.59. The fourth-order valence-electron chi connectivity index (χ4n) is 1.57. The van der Waals surface area contributed by atoms with E-state index in [1.165, 1.54) is 0 Å². The first-order valence-corrected chi connectivity index (χ1v) is 6.13. The highest BCUT2D eigenvalue weighted by atomic mass is 16.5. The van der Waals surface area contributed by atoms with E-state index in [-0.39, 0.29) is 6.61 Å². The molecule has 2 aromatic carbocycles. The smallest absolute Gasteiger partial charge is 0.127 e. The van der Waals surface area contributed by atoms with Gasteiger partial charge in [0.2, 0.25) is 0 Å². The topological polar surface area (TPSA) is 61.7 Å². The second-order valence-corrected chi connectivity index (χ2v) is 4.16. The minimum absolute atomic E-state index is 0.248. The maximum atomic E-state index is 9.23. The van der Waals surface area contributed by atoms with Crippen molar-refractivity contribution in [3.63, 3.8) is 0 Å². The Morgan fingerprint density at radius 2 is 1.58 bits per heavy atom. The van der Waals surface area contributed by atoms with E-state index in [0.29, 0.717) is 6.54 Å². The lowest BCUT2D eigenvalue weighted by atomic mass is 10.3. The van der Waals surface area contributed by atoms with Crippen LogP contribution in [0.2, 0.25) is 0 Å². The molecule has 4 nitrogen and oxygen atoms in total. The molecule has 0 bridgehead atoms. The molecule has 0 aromatic heterocycles. The standard InChI is InChI=1S/C15H17NO3/c17-11-13(18)10-16-12-6-8-15(9-7-12)19-14-4-2-1-3-5-14/h1-9,13,16-18H,10-11H2. The molecule has 1 atom stereocenters. The lowest BCUT2D eigenvalue weighted by molar-refractivity contribution is 0.105. The van der Waals surface area contributed by atoms with Crippen LogP contribution >= 0.6 is 0 Å². The fraction of sp³-hybridized carbons (Fsp3) is 0.200. The number of anilines is 1. The number of aliphatic hydroxyl groups is 2. The lowest BCUT2D eigenvalue weighted by Crippen LogP contribution is -2.22. The van der Waals surface area contributed by atoms with Crippen molar-refractivity contribution >= 4 is 5.69 Å². The van der Waals surface area contributed by atoms with Crippen LogP contribution in [0, 0.1) is 0 Å². The summed E-state index contributed by atoms with van der Waals surface area (Å²) in [6, 6.07) is 17.0. The summed E-state index contributed by atoms with van der Waals surface area (Å²) in [5, 5.41) is 21.0. The van der Waals surface area contributed by atoms with E-state index >= 15 is 0 Å². The summed E-state index contributed by atoms with van der Waals surface area (Å²) < 4.78 is 5.66. The van der Waals surface area contributed by atoms with Gasteiger partial charge in [0.1, 0.15) is 11.5 Å². The number of hydrogen-bond donors (Lipinski definition) is 3. The lowest BCUT2D eigenvalue weighted by Gasteiger charge is -2.11. The van der Waals surface area contributed by atoms with Crippen molar-refractivity contribution in [2.75, 3.05) is 18.5 Å². The Labute approximate surface area is 112 Å². The van der Waals surface area contributed by atoms with Gasteiger partial charge in [0.25, 0.3) is 0 Å². The molecule has 2 rings (SSSR count). The van der Waals surface area contributed by atoms with Gasteiger partial charge >= 0.3 is 0 Å². The van der Waals surface area contributed by atoms with Gasteiger partial charge in [0, 0.05) is 12.2 Å². The molecule has 19 heavy (non-hydrogen) atoms. The Morgan fingerprint density at radius 1 is 0.947 bits per heavy atom. The van der Waals surface area contributed by atoms with Crippen molar-refractivity contribution < 1.29 is 14.9 Å². The van der Waals surface area contributed by atoms with E-state index in [4.69, 9.17) is 9.84 Å². The predicted octanol–water partition coefficient (Wildman–Crippen LogP) is 2.24. The van der Waals surface area contributed by atoms with Crippen LogP contribution in [-0.4, -0.2) is 29.5 Å². The van der Waals surface area contributed by atoms with Crippen molar-refractivity contribution in [3.8, 4) is 11.5 Å². The Kier molecular flexibility index (Phi) is 4.78. The van der Waals surface area contributed by atoms with Crippen molar-refractivity contribution in [3.05, 3.63) is 54.6 Å². The minimum atomic E-state index is -0.750. The number of benzene rings is 2. The zero-order valence-corrected chi connectivity index (χ0v) is 10.5. The number of nitrogens with one attached hydrogen (secondary N) is 1. The van der Waals surface area contributed by atoms with Crippen LogP contribution < -0.4 is 10.1 Å². The number of hydrogen-bond acceptors (Lipinski definition) is 4. The van der Waals surface area contributed by atoms with Gasteiger partial charge in [-0.1, -0.05) is 18.2 Å². The van der Waals surface area contributed by atoms with Gasteiger partial charge in [-0.25, -0.2) is 0 Å². The molecule has 0 spiro atoms. The Morgan fingerprint density at radius 3 is 2.21 bits per heavy atom. The molecule has 0 aliphatic rings. The van der Waals surface area contributed by atoms with Crippen molar-refractivity contribution in [1.29, 1.82) is 0 Å². The van der Waals surface area contributed by atoms with E-state index in [2.05, 4.69) is 5.32 Å². The molecule has 0 aliphatic carbocycles. The Balaban J connectivity index is 1.91. The quantitative estimate of drug-likeness (QED) is 0.744. The summed E-state index contributed by atoms with van der Waals surface area (Å²) >= 11 is 0. The summed E-state index contributed by atoms with van der Waals surface area (Å²) in [7, 11) is 0. The van der Waals surface area contributed by atoms with Crippen LogP contribution in [0.4, 0.5) is 5.69 Å². The second kappa shape index (κ2) is 6.78. The third kappa shape index (κ3) is 4.28. The number of rotatable bonds is 6. The summed E-state index contributed by atoms with van der Waals surface area (Å²) in [6.45, 7) is 0.0671. The molecule has 100 valence electrons. The first-order valence-electron chi connectivity index (χ1n) is 6.13. The van der Waals surface area contributed by atoms with Crippen LogP contribution in [0.3, 0.4) is 0 Å². The van der Waals surface area contributed by atoms with Crippen molar-refractivity contribution in [1.82, 2.24) is 0 Å². The van der Waals surface area contributed by atoms with Gasteiger partial charge in [-0.05, 0) is 36.4 Å². The zero-order chi connectivity index (χ0) is 13.5. The van der Waals surface area contributed by atoms with Crippen LogP contribution in [0.1, 0.15) is 0 Å². The van der Waals surface area contributed by atoms with Gasteiger partial charge in [0.15, 0.2) is 0 Å². The summed E-state index contributed by atoms with van der Waals surface area (Å²) in [4.78, 5) is 0. The molecular formula is C15H17NO3. The van der Waals surface area contributed by atoms with E-state index in [9.17, 15) is 5.11 Å². The van der Waals surface area contributed by atoms with Crippen LogP contribution in [0.5, 0.6) is 11.5 Å². The molecular weight excluding hydrogens is 242 g/mol. The molecule has 0 aliphatic heterocycles. The van der Waals surface area contributed by atoms with E-state index in [1.807, 2.05) is 54.6 Å². The van der Waals surface area contributed by atoms with E-state index in [0.717, 1.165) is 17.2 Å². The molecule has 0 saturated heterocycles. The molecule has 3 N–H and O–H groups in total. The largest absolute Gasteiger partial charge is 0.457 e. The van der Waals surface area contributed by atoms with Gasteiger partial charge in [0.05, 0.1) is 12.7 Å². The average molecular weight is 259 g/mol. The summed E-state index contributed by atoms with van der Waals surface area (Å²) in [6.07, 6.45) is -0.750. The summed E-state index contributed by atoms with van der Waals surface area (Å²) in [5.41, 5.74) is 0.868. The molecule has 0 saturated carbocycles. The predicted molar refractivity (Wildman–Crippen MR) is 74.5 cm³/mol. The molecule has 0 fully saturated rings. The third-order valence-corrected chi connectivity index (χ3v) is 2.59. The van der Waals surface area contributed by atoms with Crippen molar-refractivity contribution in [2.45, 2.75) is 6.10 Å². The molecule has 1 unspecified atom stereocenters. The molecule has 2 aromatic rings. The normalized spacial score (nSPS) is 11.9. The first-order chi connectivity index (χ1) is 9.28. The maximum Gasteiger partial charge on any atom is 0.127 e. The van der Waals surface area contributed by atoms with Gasteiger partial charge in [-0.2, -0.15) is 0 Å². The number of ether oxygens (including phenoxy) is 1. The Bertz CT molecular complexity index is 485. The van der Waals surface area contributed by atoms with E-state index < -0.39 is 6.10 Å². The molecule has 0 amide bonds. The molecule has 0 heterocycles. The number of aliphatic hydroxyl groups excluding tert-OH is 2.